The Hall–Kier alpha value is -0.210. The van der Waals surface area contributed by atoms with Crippen molar-refractivity contribution in [3.8, 4) is 0 Å². The molecular weight excluding hydrogens is 340 g/mol. The van der Waals surface area contributed by atoms with E-state index in [1.165, 1.54) is 77.0 Å². The minimum atomic E-state index is -4.41. The summed E-state index contributed by atoms with van der Waals surface area (Å²) in [7, 11) is 3.53. The Morgan fingerprint density at radius 1 is 0.920 bits per heavy atom. The SMILES string of the molecule is COS(=O)(=O)[O-].C[N+](C)(C)C1(CCN)CCCCCCCCCCC1. The topological polar surface area (TPSA) is 92.5 Å². The molecule has 2 N–H and O–H groups in total. The van der Waals surface area contributed by atoms with Gasteiger partial charge in [-0.1, -0.05) is 44.9 Å². The van der Waals surface area contributed by atoms with Gasteiger partial charge in [0.1, 0.15) is 0 Å². The fourth-order valence-corrected chi connectivity index (χ4v) is 3.80. The number of rotatable bonds is 4. The van der Waals surface area contributed by atoms with Crippen LogP contribution in [0.4, 0.5) is 0 Å². The van der Waals surface area contributed by atoms with Gasteiger partial charge in [-0.15, -0.1) is 0 Å². The number of quaternary nitrogens is 1. The van der Waals surface area contributed by atoms with Crippen LogP contribution >= 0.6 is 0 Å². The highest BCUT2D eigenvalue weighted by atomic mass is 32.3. The Balaban J connectivity index is 0.000000823. The summed E-state index contributed by atoms with van der Waals surface area (Å²) in [6.45, 7) is 0.843. The summed E-state index contributed by atoms with van der Waals surface area (Å²) in [5, 5.41) is 0. The van der Waals surface area contributed by atoms with Crippen molar-refractivity contribution in [2.24, 2.45) is 5.73 Å². The monoisotopic (exact) mass is 380 g/mol. The molecule has 0 aromatic heterocycles. The predicted molar refractivity (Wildman–Crippen MR) is 102 cm³/mol. The van der Waals surface area contributed by atoms with Crippen LogP contribution in [0, 0.1) is 0 Å². The molecule has 0 amide bonds. The van der Waals surface area contributed by atoms with E-state index in [0.717, 1.165) is 18.1 Å². The van der Waals surface area contributed by atoms with Crippen LogP contribution in [0.15, 0.2) is 0 Å². The maximum absolute atomic E-state index is 9.22. The van der Waals surface area contributed by atoms with Crippen LogP contribution in [-0.4, -0.2) is 57.8 Å². The summed E-state index contributed by atoms with van der Waals surface area (Å²) in [6, 6.07) is 0. The van der Waals surface area contributed by atoms with Crippen molar-refractivity contribution in [2.45, 2.75) is 82.6 Å². The molecule has 0 radical (unpaired) electrons. The molecule has 0 aromatic carbocycles. The Kier molecular flexibility index (Phi) is 12.1. The van der Waals surface area contributed by atoms with Crippen molar-refractivity contribution in [2.75, 3.05) is 34.8 Å². The van der Waals surface area contributed by atoms with Gasteiger partial charge >= 0.3 is 0 Å². The lowest BCUT2D eigenvalue weighted by Crippen LogP contribution is -2.58. The minimum absolute atomic E-state index is 0.425. The first kappa shape index (κ1) is 24.8. The zero-order chi connectivity index (χ0) is 19.4. The van der Waals surface area contributed by atoms with Crippen molar-refractivity contribution in [1.82, 2.24) is 0 Å². The standard InChI is InChI=1S/C17H37N2.CH4O4S/c1-19(2,3)17(15-16-18)13-11-9-7-5-4-6-8-10-12-14-17;1-5-6(2,3)4/h4-16,18H2,1-3H3;1H3,(H,2,3,4)/q+1;/p-1. The first-order valence-electron chi connectivity index (χ1n) is 9.61. The van der Waals surface area contributed by atoms with E-state index in [4.69, 9.17) is 5.73 Å². The molecule has 0 saturated heterocycles. The van der Waals surface area contributed by atoms with Gasteiger partial charge in [0.15, 0.2) is 0 Å². The van der Waals surface area contributed by atoms with Crippen LogP contribution in [0.5, 0.6) is 0 Å². The van der Waals surface area contributed by atoms with Gasteiger partial charge in [-0.3, -0.25) is 4.18 Å². The summed E-state index contributed by atoms with van der Waals surface area (Å²) in [4.78, 5) is 0. The highest BCUT2D eigenvalue weighted by Gasteiger charge is 2.40. The maximum Gasteiger partial charge on any atom is 0.217 e. The van der Waals surface area contributed by atoms with Crippen molar-refractivity contribution < 1.29 is 21.6 Å². The molecule has 1 aliphatic carbocycles. The smallest absolute Gasteiger partial charge is 0.217 e. The van der Waals surface area contributed by atoms with Gasteiger partial charge in [0.25, 0.3) is 0 Å². The summed E-state index contributed by atoms with van der Waals surface area (Å²) in [5.41, 5.74) is 6.37. The van der Waals surface area contributed by atoms with Crippen LogP contribution in [0.2, 0.25) is 0 Å². The van der Waals surface area contributed by atoms with Gasteiger partial charge in [-0.05, 0) is 19.4 Å². The molecule has 6 nitrogen and oxygen atoms in total. The number of hydrogen-bond acceptors (Lipinski definition) is 5. The van der Waals surface area contributed by atoms with E-state index in [-0.39, 0.29) is 0 Å². The first-order chi connectivity index (χ1) is 11.6. The first-order valence-corrected chi connectivity index (χ1v) is 10.9. The van der Waals surface area contributed by atoms with Crippen LogP contribution in [0.1, 0.15) is 77.0 Å². The van der Waals surface area contributed by atoms with Gasteiger partial charge in [-0.25, -0.2) is 8.42 Å². The maximum atomic E-state index is 9.22. The van der Waals surface area contributed by atoms with Crippen molar-refractivity contribution in [3.63, 3.8) is 0 Å². The largest absolute Gasteiger partial charge is 0.726 e. The fraction of sp³-hybridized carbons (Fsp3) is 1.00. The third-order valence-corrected chi connectivity index (χ3v) is 5.93. The van der Waals surface area contributed by atoms with Crippen LogP contribution < -0.4 is 5.73 Å². The molecule has 0 heterocycles. The van der Waals surface area contributed by atoms with Gasteiger partial charge in [-0.2, -0.15) is 0 Å². The van der Waals surface area contributed by atoms with Crippen molar-refractivity contribution >= 4 is 10.4 Å². The van der Waals surface area contributed by atoms with E-state index in [1.807, 2.05) is 0 Å². The lowest BCUT2D eigenvalue weighted by atomic mass is 9.80. The summed E-state index contributed by atoms with van der Waals surface area (Å²) in [6.07, 6.45) is 16.8. The van der Waals surface area contributed by atoms with E-state index in [2.05, 4.69) is 25.3 Å². The molecule has 0 atom stereocenters. The molecule has 152 valence electrons. The second-order valence-corrected chi connectivity index (χ2v) is 9.18. The van der Waals surface area contributed by atoms with Crippen LogP contribution in [0.25, 0.3) is 0 Å². The highest BCUT2D eigenvalue weighted by molar-refractivity contribution is 7.80. The second-order valence-electron chi connectivity index (χ2n) is 8.03. The molecule has 0 bridgehead atoms. The lowest BCUT2D eigenvalue weighted by molar-refractivity contribution is -0.925. The third kappa shape index (κ3) is 11.2. The quantitative estimate of drug-likeness (QED) is 0.459. The fourth-order valence-electron chi connectivity index (χ4n) is 3.80. The summed E-state index contributed by atoms with van der Waals surface area (Å²) in [5.74, 6) is 0. The minimum Gasteiger partial charge on any atom is -0.726 e. The molecule has 1 fully saturated rings. The third-order valence-electron chi connectivity index (χ3n) is 5.52. The highest BCUT2D eigenvalue weighted by Crippen LogP contribution is 2.35. The molecule has 0 unspecified atom stereocenters. The average molecular weight is 381 g/mol. The molecule has 0 aromatic rings. The van der Waals surface area contributed by atoms with E-state index in [9.17, 15) is 13.0 Å². The van der Waals surface area contributed by atoms with Crippen LogP contribution in [-0.2, 0) is 14.6 Å². The molecular formula is C18H40N2O4S. The van der Waals surface area contributed by atoms with Crippen LogP contribution in [0.3, 0.4) is 0 Å². The van der Waals surface area contributed by atoms with Crippen molar-refractivity contribution in [3.05, 3.63) is 0 Å². The van der Waals surface area contributed by atoms with E-state index in [1.54, 1.807) is 0 Å². The van der Waals surface area contributed by atoms with Gasteiger partial charge in [0.2, 0.25) is 10.4 Å². The Bertz CT molecular complexity index is 421. The number of nitrogens with two attached hydrogens (primary N) is 1. The Morgan fingerprint density at radius 2 is 1.24 bits per heavy atom. The molecule has 1 rings (SSSR count). The van der Waals surface area contributed by atoms with Crippen molar-refractivity contribution in [1.29, 1.82) is 0 Å². The van der Waals surface area contributed by atoms with E-state index in [0.29, 0.717) is 5.54 Å². The van der Waals surface area contributed by atoms with E-state index >= 15 is 0 Å². The normalized spacial score (nSPS) is 20.6. The molecule has 7 heteroatoms. The molecule has 25 heavy (non-hydrogen) atoms. The van der Waals surface area contributed by atoms with Gasteiger partial charge < -0.3 is 14.8 Å². The average Bonchev–Trinajstić information content (AvgIpc) is 2.49. The Morgan fingerprint density at radius 3 is 1.48 bits per heavy atom. The zero-order valence-corrected chi connectivity index (χ0v) is 17.6. The summed E-state index contributed by atoms with van der Waals surface area (Å²) >= 11 is 0. The van der Waals surface area contributed by atoms with Gasteiger partial charge in [0, 0.05) is 19.3 Å². The predicted octanol–water partition coefficient (Wildman–Crippen LogP) is 3.18. The zero-order valence-electron chi connectivity index (χ0n) is 16.8. The van der Waals surface area contributed by atoms with Gasteiger partial charge in [0.05, 0.1) is 33.8 Å². The number of hydrogen-bond donors (Lipinski definition) is 1. The molecule has 1 saturated carbocycles. The lowest BCUT2D eigenvalue weighted by Gasteiger charge is -2.47. The molecule has 1 aliphatic rings. The second kappa shape index (κ2) is 12.2. The Labute approximate surface area is 155 Å². The van der Waals surface area contributed by atoms with E-state index < -0.39 is 10.4 Å². The number of nitrogens with zero attached hydrogens (tertiary/aromatic N) is 1. The summed E-state index contributed by atoms with van der Waals surface area (Å²) < 4.78 is 32.1. The molecule has 0 aliphatic heterocycles. The molecule has 0 spiro atoms.